The summed E-state index contributed by atoms with van der Waals surface area (Å²) in [7, 11) is 0. The van der Waals surface area contributed by atoms with Crippen LogP contribution in [0.3, 0.4) is 0 Å². The van der Waals surface area contributed by atoms with E-state index in [1.54, 1.807) is 0 Å². The highest BCUT2D eigenvalue weighted by Crippen LogP contribution is 2.27. The first-order chi connectivity index (χ1) is 9.81. The van der Waals surface area contributed by atoms with Gasteiger partial charge in [0.1, 0.15) is 17.3 Å². The van der Waals surface area contributed by atoms with Gasteiger partial charge in [-0.2, -0.15) is 0 Å². The molecule has 0 radical (unpaired) electrons. The minimum atomic E-state index is 0.401. The minimum Gasteiger partial charge on any atom is -0.509 e. The van der Waals surface area contributed by atoms with E-state index in [0.29, 0.717) is 5.76 Å². The first-order valence-electron chi connectivity index (χ1n) is 7.03. The smallest absolute Gasteiger partial charge is 0.141 e. The summed E-state index contributed by atoms with van der Waals surface area (Å²) in [6, 6.07) is 18.5. The number of allylic oxidation sites excluding steroid dienone is 2. The Balaban J connectivity index is 1.67. The van der Waals surface area contributed by atoms with Gasteiger partial charge in [0.25, 0.3) is 0 Å². The van der Waals surface area contributed by atoms with E-state index >= 15 is 0 Å². The van der Waals surface area contributed by atoms with E-state index in [1.807, 2.05) is 18.2 Å². The highest BCUT2D eigenvalue weighted by molar-refractivity contribution is 5.32. The fourth-order valence-corrected chi connectivity index (χ4v) is 2.46. The average Bonchev–Trinajstić information content (AvgIpc) is 2.88. The maximum absolute atomic E-state index is 9.65. The van der Waals surface area contributed by atoms with Crippen molar-refractivity contribution in [3.63, 3.8) is 0 Å². The Hall–Kier alpha value is -2.22. The van der Waals surface area contributed by atoms with Crippen LogP contribution < -0.4 is 4.74 Å². The van der Waals surface area contributed by atoms with Crippen molar-refractivity contribution in [2.75, 3.05) is 0 Å². The molecule has 102 valence electrons. The van der Waals surface area contributed by atoms with E-state index < -0.39 is 0 Å². The molecule has 0 spiro atoms. The van der Waals surface area contributed by atoms with Gasteiger partial charge in [-0.25, -0.2) is 0 Å². The summed E-state index contributed by atoms with van der Waals surface area (Å²) in [5.41, 5.74) is 2.56. The van der Waals surface area contributed by atoms with Crippen LogP contribution in [0.5, 0.6) is 5.75 Å². The number of aliphatic hydroxyl groups is 1. The molecule has 0 bridgehead atoms. The molecular formula is C18H18O2. The fourth-order valence-electron chi connectivity index (χ4n) is 2.46. The molecule has 0 saturated heterocycles. The molecule has 20 heavy (non-hydrogen) atoms. The molecule has 3 rings (SSSR count). The molecule has 0 amide bonds. The topological polar surface area (TPSA) is 29.5 Å². The molecule has 2 heteroatoms. The van der Waals surface area contributed by atoms with Gasteiger partial charge in [-0.15, -0.1) is 0 Å². The Morgan fingerprint density at radius 1 is 0.850 bits per heavy atom. The summed E-state index contributed by atoms with van der Waals surface area (Å²) in [5, 5.41) is 9.65. The zero-order chi connectivity index (χ0) is 13.8. The van der Waals surface area contributed by atoms with Crippen LogP contribution in [0.1, 0.15) is 30.4 Å². The van der Waals surface area contributed by atoms with Crippen LogP contribution in [0.25, 0.3) is 0 Å². The van der Waals surface area contributed by atoms with Crippen LogP contribution in [0.2, 0.25) is 0 Å². The average molecular weight is 266 g/mol. The van der Waals surface area contributed by atoms with Gasteiger partial charge in [0, 0.05) is 12.8 Å². The normalized spacial score (nSPS) is 14.6. The van der Waals surface area contributed by atoms with Crippen LogP contribution in [0.15, 0.2) is 66.1 Å². The zero-order valence-electron chi connectivity index (χ0n) is 11.4. The summed E-state index contributed by atoms with van der Waals surface area (Å²) >= 11 is 0. The Labute approximate surface area is 119 Å². The van der Waals surface area contributed by atoms with Crippen molar-refractivity contribution in [3.8, 4) is 5.75 Å². The highest BCUT2D eigenvalue weighted by Gasteiger charge is 2.15. The molecule has 0 fully saturated rings. The van der Waals surface area contributed by atoms with Gasteiger partial charge in [-0.1, -0.05) is 42.5 Å². The van der Waals surface area contributed by atoms with Crippen LogP contribution in [-0.2, 0) is 6.42 Å². The summed E-state index contributed by atoms with van der Waals surface area (Å²) in [6.07, 6.45) is 3.47. The molecule has 1 N–H and O–H groups in total. The molecule has 0 unspecified atom stereocenters. The van der Waals surface area contributed by atoms with E-state index in [9.17, 15) is 5.11 Å². The molecule has 1 aliphatic rings. The molecule has 0 aromatic heterocycles. The quantitative estimate of drug-likeness (QED) is 0.875. The van der Waals surface area contributed by atoms with E-state index in [2.05, 4.69) is 36.4 Å². The Morgan fingerprint density at radius 2 is 1.55 bits per heavy atom. The number of rotatable bonds is 4. The van der Waals surface area contributed by atoms with Gasteiger partial charge < -0.3 is 9.84 Å². The minimum absolute atomic E-state index is 0.401. The third-order valence-electron chi connectivity index (χ3n) is 3.55. The van der Waals surface area contributed by atoms with Gasteiger partial charge in [-0.3, -0.25) is 0 Å². The lowest BCUT2D eigenvalue weighted by atomic mass is 10.1. The second kappa shape index (κ2) is 5.83. The highest BCUT2D eigenvalue weighted by atomic mass is 16.5. The van der Waals surface area contributed by atoms with E-state index in [4.69, 9.17) is 4.74 Å². The molecule has 0 aliphatic heterocycles. The van der Waals surface area contributed by atoms with E-state index in [0.717, 1.165) is 37.2 Å². The predicted octanol–water partition coefficient (Wildman–Crippen LogP) is 4.61. The first-order valence-corrected chi connectivity index (χ1v) is 7.03. The monoisotopic (exact) mass is 266 g/mol. The van der Waals surface area contributed by atoms with Crippen LogP contribution in [-0.4, -0.2) is 5.11 Å². The van der Waals surface area contributed by atoms with Crippen molar-refractivity contribution in [2.45, 2.75) is 25.7 Å². The largest absolute Gasteiger partial charge is 0.509 e. The van der Waals surface area contributed by atoms with E-state index in [-0.39, 0.29) is 0 Å². The molecule has 0 atom stereocenters. The summed E-state index contributed by atoms with van der Waals surface area (Å²) < 4.78 is 5.72. The van der Waals surface area contributed by atoms with Gasteiger partial charge in [0.05, 0.1) is 0 Å². The van der Waals surface area contributed by atoms with Crippen molar-refractivity contribution in [1.29, 1.82) is 0 Å². The Bertz CT molecular complexity index is 597. The lowest BCUT2D eigenvalue weighted by Gasteiger charge is -2.08. The van der Waals surface area contributed by atoms with Gasteiger partial charge in [0.2, 0.25) is 0 Å². The van der Waals surface area contributed by atoms with Gasteiger partial charge in [-0.05, 0) is 36.1 Å². The maximum Gasteiger partial charge on any atom is 0.141 e. The third-order valence-corrected chi connectivity index (χ3v) is 3.55. The Kier molecular flexibility index (Phi) is 3.73. The van der Waals surface area contributed by atoms with Crippen molar-refractivity contribution < 1.29 is 9.84 Å². The molecule has 2 nitrogen and oxygen atoms in total. The fraction of sp³-hybridized carbons (Fsp3) is 0.222. The summed E-state index contributed by atoms with van der Waals surface area (Å²) in [6.45, 7) is 0. The van der Waals surface area contributed by atoms with Crippen LogP contribution in [0, 0.1) is 0 Å². The molecule has 0 heterocycles. The van der Waals surface area contributed by atoms with Crippen molar-refractivity contribution in [2.24, 2.45) is 0 Å². The van der Waals surface area contributed by atoms with Gasteiger partial charge in [0.15, 0.2) is 0 Å². The third kappa shape index (κ3) is 3.02. The predicted molar refractivity (Wildman–Crippen MR) is 79.8 cm³/mol. The standard InChI is InChI=1S/C18H18O2/c19-17-7-4-8-18(17)20-16-11-9-15(10-12-16)13-14-5-2-1-3-6-14/h1-3,5-6,9-12,19H,4,7-8,13H2. The lowest BCUT2D eigenvalue weighted by molar-refractivity contribution is 0.339. The van der Waals surface area contributed by atoms with E-state index in [1.165, 1.54) is 11.1 Å². The van der Waals surface area contributed by atoms with Crippen molar-refractivity contribution in [1.82, 2.24) is 0 Å². The summed E-state index contributed by atoms with van der Waals surface area (Å²) in [4.78, 5) is 0. The lowest BCUT2D eigenvalue weighted by Crippen LogP contribution is -1.95. The van der Waals surface area contributed by atoms with Crippen molar-refractivity contribution in [3.05, 3.63) is 77.2 Å². The zero-order valence-corrected chi connectivity index (χ0v) is 11.4. The molecule has 0 saturated carbocycles. The van der Waals surface area contributed by atoms with Crippen molar-refractivity contribution >= 4 is 0 Å². The maximum atomic E-state index is 9.65. The summed E-state index contributed by atoms with van der Waals surface area (Å²) in [5.74, 6) is 1.92. The van der Waals surface area contributed by atoms with Crippen LogP contribution >= 0.6 is 0 Å². The molecular weight excluding hydrogens is 248 g/mol. The Morgan fingerprint density at radius 3 is 2.20 bits per heavy atom. The van der Waals surface area contributed by atoms with Crippen LogP contribution in [0.4, 0.5) is 0 Å². The number of aliphatic hydroxyl groups excluding tert-OH is 1. The SMILES string of the molecule is OC1=C(Oc2ccc(Cc3ccccc3)cc2)CCC1. The van der Waals surface area contributed by atoms with Gasteiger partial charge >= 0.3 is 0 Å². The second-order valence-electron chi connectivity index (χ2n) is 5.13. The first kappa shape index (κ1) is 12.8. The molecule has 2 aromatic carbocycles. The number of hydrogen-bond acceptors (Lipinski definition) is 2. The molecule has 1 aliphatic carbocycles. The second-order valence-corrected chi connectivity index (χ2v) is 5.13. The number of benzene rings is 2. The molecule has 2 aromatic rings. The number of ether oxygens (including phenoxy) is 1. The number of hydrogen-bond donors (Lipinski definition) is 1.